The zero-order valence-electron chi connectivity index (χ0n) is 9.42. The number of benzene rings is 1. The maximum absolute atomic E-state index is 14.0. The molecule has 1 unspecified atom stereocenters. The van der Waals surface area contributed by atoms with E-state index in [1.54, 1.807) is 12.1 Å². The van der Waals surface area contributed by atoms with Gasteiger partial charge in [-0.25, -0.2) is 14.4 Å². The average molecular weight is 409 g/mol. The second kappa shape index (κ2) is 6.54. The van der Waals surface area contributed by atoms with Crippen LogP contribution in [0.5, 0.6) is 0 Å². The monoisotopic (exact) mass is 408 g/mol. The van der Waals surface area contributed by atoms with Gasteiger partial charge in [-0.05, 0) is 51.8 Å². The minimum absolute atomic E-state index is 0.102. The zero-order valence-corrected chi connectivity index (χ0v) is 13.3. The lowest BCUT2D eigenvalue weighted by Gasteiger charge is -2.10. The summed E-state index contributed by atoms with van der Waals surface area (Å²) in [5.41, 5.74) is 1.87. The van der Waals surface area contributed by atoms with Crippen molar-refractivity contribution in [2.45, 2.75) is 0 Å². The molecule has 0 radical (unpaired) electrons. The van der Waals surface area contributed by atoms with E-state index in [4.69, 9.17) is 17.0 Å². The molecule has 98 valence electrons. The van der Waals surface area contributed by atoms with Gasteiger partial charge in [-0.2, -0.15) is 0 Å². The van der Waals surface area contributed by atoms with Crippen LogP contribution >= 0.6 is 40.0 Å². The summed E-state index contributed by atoms with van der Waals surface area (Å²) >= 11 is 7.82. The lowest BCUT2D eigenvalue weighted by Crippen LogP contribution is -1.97. The lowest BCUT2D eigenvalue weighted by atomic mass is 10.1. The molecule has 0 amide bonds. The van der Waals surface area contributed by atoms with Gasteiger partial charge in [0.15, 0.2) is 0 Å². The van der Waals surface area contributed by atoms with Crippen molar-refractivity contribution in [2.24, 2.45) is 0 Å². The van der Waals surface area contributed by atoms with E-state index in [1.807, 2.05) is 0 Å². The van der Waals surface area contributed by atoms with E-state index in [-0.39, 0.29) is 5.28 Å². The van der Waals surface area contributed by atoms with Crippen LogP contribution in [0.25, 0.3) is 11.3 Å². The van der Waals surface area contributed by atoms with Gasteiger partial charge in [-0.1, -0.05) is 0 Å². The Morgan fingerprint density at radius 2 is 2.26 bits per heavy atom. The van der Waals surface area contributed by atoms with E-state index in [1.165, 1.54) is 12.3 Å². The van der Waals surface area contributed by atoms with Gasteiger partial charge in [0.05, 0.1) is 11.4 Å². The van der Waals surface area contributed by atoms with E-state index < -0.39 is 5.82 Å². The SMILES string of the molecule is N=Cc1cc(-c2ccnc(Cl)n2)cc(F)c1NPI. The normalized spacial score (nSPS) is 10.9. The van der Waals surface area contributed by atoms with Crippen molar-refractivity contribution in [1.29, 1.82) is 5.41 Å². The topological polar surface area (TPSA) is 61.7 Å². The van der Waals surface area contributed by atoms with Crippen molar-refractivity contribution in [3.8, 4) is 11.3 Å². The molecule has 1 aromatic heterocycles. The summed E-state index contributed by atoms with van der Waals surface area (Å²) in [6, 6.07) is 4.69. The Bertz CT molecular complexity index is 626. The highest BCUT2D eigenvalue weighted by Gasteiger charge is 2.11. The third-order valence-electron chi connectivity index (χ3n) is 2.37. The van der Waals surface area contributed by atoms with Gasteiger partial charge in [0.1, 0.15) is 5.82 Å². The van der Waals surface area contributed by atoms with Gasteiger partial charge in [0.2, 0.25) is 5.28 Å². The van der Waals surface area contributed by atoms with E-state index in [0.29, 0.717) is 28.9 Å². The molecule has 19 heavy (non-hydrogen) atoms. The number of nitrogens with zero attached hydrogens (tertiary/aromatic N) is 2. The number of hydrogen-bond acceptors (Lipinski definition) is 4. The van der Waals surface area contributed by atoms with Crippen LogP contribution in [0.4, 0.5) is 10.1 Å². The number of halogens is 3. The largest absolute Gasteiger partial charge is 0.356 e. The molecule has 0 saturated heterocycles. The Morgan fingerprint density at radius 1 is 1.47 bits per heavy atom. The van der Waals surface area contributed by atoms with Gasteiger partial charge in [-0.3, -0.25) is 0 Å². The standard InChI is InChI=1S/C11H8ClFIN4P/c12-11-16-2-1-9(17-11)6-3-7(5-15)10(18-19-14)8(13)4-6/h1-5,15,18-19H. The molecule has 0 fully saturated rings. The minimum atomic E-state index is -0.421. The van der Waals surface area contributed by atoms with Crippen LogP contribution < -0.4 is 5.09 Å². The van der Waals surface area contributed by atoms with Crippen molar-refractivity contribution in [3.63, 3.8) is 0 Å². The third kappa shape index (κ3) is 3.38. The summed E-state index contributed by atoms with van der Waals surface area (Å²) in [7, 11) is 0. The van der Waals surface area contributed by atoms with E-state index in [0.717, 1.165) is 6.21 Å². The molecular weight excluding hydrogens is 400 g/mol. The van der Waals surface area contributed by atoms with Crippen molar-refractivity contribution in [1.82, 2.24) is 9.97 Å². The molecule has 0 aliphatic rings. The molecule has 0 bridgehead atoms. The second-order valence-corrected chi connectivity index (χ2v) is 5.89. The van der Waals surface area contributed by atoms with E-state index >= 15 is 0 Å². The maximum atomic E-state index is 14.0. The zero-order chi connectivity index (χ0) is 13.8. The maximum Gasteiger partial charge on any atom is 0.222 e. The Hall–Kier alpha value is -0.850. The summed E-state index contributed by atoms with van der Waals surface area (Å²) in [4.78, 5) is 7.81. The smallest absolute Gasteiger partial charge is 0.222 e. The number of nitrogens with one attached hydrogen (secondary N) is 2. The summed E-state index contributed by atoms with van der Waals surface area (Å²) in [6.45, 7) is 0. The molecule has 0 aliphatic heterocycles. The predicted molar refractivity (Wildman–Crippen MR) is 86.3 cm³/mol. The molecule has 8 heteroatoms. The van der Waals surface area contributed by atoms with Gasteiger partial charge < -0.3 is 10.5 Å². The Labute approximate surface area is 129 Å². The van der Waals surface area contributed by atoms with Crippen molar-refractivity contribution < 1.29 is 4.39 Å². The van der Waals surface area contributed by atoms with Gasteiger partial charge in [-0.15, -0.1) is 0 Å². The fourth-order valence-corrected chi connectivity index (χ4v) is 2.88. The number of rotatable bonds is 4. The highest BCUT2D eigenvalue weighted by atomic mass is 127. The summed E-state index contributed by atoms with van der Waals surface area (Å²) < 4.78 is 14.0. The predicted octanol–water partition coefficient (Wildman–Crippen LogP) is 4.29. The fraction of sp³-hybridized carbons (Fsp3) is 0. The summed E-state index contributed by atoms with van der Waals surface area (Å²) in [5.74, 6) is -0.421. The molecule has 0 spiro atoms. The molecule has 2 aromatic rings. The van der Waals surface area contributed by atoms with Gasteiger partial charge >= 0.3 is 0 Å². The highest BCUT2D eigenvalue weighted by Crippen LogP contribution is 2.31. The van der Waals surface area contributed by atoms with Crippen molar-refractivity contribution in [2.75, 3.05) is 5.09 Å². The summed E-state index contributed by atoms with van der Waals surface area (Å²) in [6.07, 6.45) is 2.93. The number of aromatic nitrogens is 2. The molecule has 1 aromatic carbocycles. The van der Waals surface area contributed by atoms with Crippen LogP contribution in [0.15, 0.2) is 24.4 Å². The van der Waals surface area contributed by atoms with Crippen molar-refractivity contribution >= 4 is 51.9 Å². The third-order valence-corrected chi connectivity index (χ3v) is 3.71. The quantitative estimate of drug-likeness (QED) is 0.343. The lowest BCUT2D eigenvalue weighted by molar-refractivity contribution is 0.633. The second-order valence-electron chi connectivity index (χ2n) is 3.50. The molecule has 1 heterocycles. The molecule has 2 N–H and O–H groups in total. The van der Waals surface area contributed by atoms with Crippen LogP contribution in [0.1, 0.15) is 5.56 Å². The summed E-state index contributed by atoms with van der Waals surface area (Å²) in [5, 5.41) is 10.4. The van der Waals surface area contributed by atoms with Crippen LogP contribution in [-0.4, -0.2) is 16.2 Å². The van der Waals surface area contributed by atoms with Crippen LogP contribution in [0, 0.1) is 11.2 Å². The molecule has 0 aliphatic carbocycles. The average Bonchev–Trinajstić information content (AvgIpc) is 2.41. The highest BCUT2D eigenvalue weighted by molar-refractivity contribution is 14.2. The molecule has 1 atom stereocenters. The van der Waals surface area contributed by atoms with Crippen LogP contribution in [-0.2, 0) is 0 Å². The Kier molecular flexibility index (Phi) is 5.01. The molecular formula is C11H8ClFIN4P. The van der Waals surface area contributed by atoms with Gasteiger partial charge in [0, 0.05) is 29.9 Å². The first-order valence-electron chi connectivity index (χ1n) is 5.10. The molecule has 2 rings (SSSR count). The molecule has 0 saturated carbocycles. The van der Waals surface area contributed by atoms with E-state index in [2.05, 4.69) is 37.1 Å². The van der Waals surface area contributed by atoms with E-state index in [9.17, 15) is 4.39 Å². The number of hydrogen-bond donors (Lipinski definition) is 2. The first kappa shape index (κ1) is 14.6. The molecule has 4 nitrogen and oxygen atoms in total. The Balaban J connectivity index is 2.54. The van der Waals surface area contributed by atoms with Crippen molar-refractivity contribution in [3.05, 3.63) is 41.1 Å². The first-order chi connectivity index (χ1) is 9.15. The fourth-order valence-electron chi connectivity index (χ4n) is 1.56. The minimum Gasteiger partial charge on any atom is -0.356 e. The van der Waals surface area contributed by atoms with Gasteiger partial charge in [0.25, 0.3) is 0 Å². The van der Waals surface area contributed by atoms with Crippen LogP contribution in [0.3, 0.4) is 0 Å². The van der Waals surface area contributed by atoms with Crippen LogP contribution in [0.2, 0.25) is 5.28 Å². The number of anilines is 1. The Morgan fingerprint density at radius 3 is 2.89 bits per heavy atom. The first-order valence-corrected chi connectivity index (χ1v) is 9.59.